The Labute approximate surface area is 155 Å². The Morgan fingerprint density at radius 3 is 2.73 bits per heavy atom. The van der Waals surface area contributed by atoms with Crippen molar-refractivity contribution < 1.29 is 14.6 Å². The number of amides is 1. The second kappa shape index (κ2) is 8.50. The molecule has 1 aromatic heterocycles. The molecule has 1 amide bonds. The topological polar surface area (TPSA) is 81.7 Å². The number of H-pyrrole nitrogens is 1. The molecule has 2 N–H and O–H groups in total. The Morgan fingerprint density at radius 2 is 2.12 bits per heavy atom. The lowest BCUT2D eigenvalue weighted by molar-refractivity contribution is -0.142. The highest BCUT2D eigenvalue weighted by Gasteiger charge is 2.45. The number of likely N-dealkylation sites (tertiary alicyclic amines) is 2. The van der Waals surface area contributed by atoms with Crippen molar-refractivity contribution in [2.45, 2.75) is 39.7 Å². The predicted molar refractivity (Wildman–Crippen MR) is 98.5 cm³/mol. The number of ether oxygens (including phenoxy) is 1. The Balaban J connectivity index is 1.54. The molecule has 2 fully saturated rings. The first kappa shape index (κ1) is 19.3. The lowest BCUT2D eigenvalue weighted by Gasteiger charge is -2.51. The fourth-order valence-corrected chi connectivity index (χ4v) is 4.45. The fraction of sp³-hybridized carbons (Fsp3) is 0.789. The number of nitrogens with one attached hydrogen (secondary N) is 1. The van der Waals surface area contributed by atoms with Gasteiger partial charge in [-0.05, 0) is 51.6 Å². The summed E-state index contributed by atoms with van der Waals surface area (Å²) >= 11 is 0. The maximum atomic E-state index is 12.2. The van der Waals surface area contributed by atoms with Gasteiger partial charge in [-0.15, -0.1) is 0 Å². The zero-order valence-electron chi connectivity index (χ0n) is 16.0. The maximum absolute atomic E-state index is 12.2. The molecule has 2 aliphatic heterocycles. The van der Waals surface area contributed by atoms with Gasteiger partial charge in [-0.1, -0.05) is 0 Å². The molecule has 2 aliphatic rings. The highest BCUT2D eigenvalue weighted by molar-refractivity contribution is 5.77. The van der Waals surface area contributed by atoms with Gasteiger partial charge in [-0.25, -0.2) is 4.98 Å². The molecule has 3 rings (SSSR count). The maximum Gasteiger partial charge on any atom is 0.248 e. The van der Waals surface area contributed by atoms with Gasteiger partial charge in [0.05, 0.1) is 6.54 Å². The minimum absolute atomic E-state index is 0.0470. The van der Waals surface area contributed by atoms with Crippen molar-refractivity contribution in [3.05, 3.63) is 17.7 Å². The van der Waals surface area contributed by atoms with E-state index >= 15 is 0 Å². The molecule has 0 aromatic carbocycles. The molecule has 0 saturated carbocycles. The van der Waals surface area contributed by atoms with Crippen LogP contribution >= 0.6 is 0 Å². The molecule has 0 bridgehead atoms. The van der Waals surface area contributed by atoms with Crippen LogP contribution in [-0.2, 0) is 16.1 Å². The first-order chi connectivity index (χ1) is 12.6. The van der Waals surface area contributed by atoms with Crippen molar-refractivity contribution in [1.29, 1.82) is 0 Å². The van der Waals surface area contributed by atoms with Crippen LogP contribution in [0.1, 0.15) is 37.7 Å². The summed E-state index contributed by atoms with van der Waals surface area (Å²) in [7, 11) is 0. The van der Waals surface area contributed by atoms with Crippen LogP contribution in [0.4, 0.5) is 0 Å². The molecule has 146 valence electrons. The van der Waals surface area contributed by atoms with E-state index in [0.717, 1.165) is 57.0 Å². The van der Waals surface area contributed by atoms with Gasteiger partial charge in [-0.2, -0.15) is 0 Å². The quantitative estimate of drug-likeness (QED) is 0.792. The number of carbonyl (C=O) groups is 1. The summed E-state index contributed by atoms with van der Waals surface area (Å²) in [5, 5.41) is 9.99. The zero-order valence-corrected chi connectivity index (χ0v) is 16.0. The van der Waals surface area contributed by atoms with Crippen LogP contribution < -0.4 is 0 Å². The SMILES string of the molecule is CCOCC(=O)N1CCC2(CCN(Cc3ncc(C)[nH]3)CC2)[C@H](CO)C1. The average Bonchev–Trinajstić information content (AvgIpc) is 3.07. The molecule has 1 spiro atoms. The number of aliphatic hydroxyl groups excluding tert-OH is 1. The summed E-state index contributed by atoms with van der Waals surface area (Å²) < 4.78 is 5.26. The van der Waals surface area contributed by atoms with Gasteiger partial charge >= 0.3 is 0 Å². The Hall–Kier alpha value is -1.44. The smallest absolute Gasteiger partial charge is 0.248 e. The summed E-state index contributed by atoms with van der Waals surface area (Å²) in [5.41, 5.74) is 1.25. The summed E-state index contributed by atoms with van der Waals surface area (Å²) in [5.74, 6) is 1.23. The summed E-state index contributed by atoms with van der Waals surface area (Å²) in [4.78, 5) is 24.3. The molecule has 3 heterocycles. The van der Waals surface area contributed by atoms with Crippen molar-refractivity contribution in [2.24, 2.45) is 11.3 Å². The molecular weight excluding hydrogens is 332 g/mol. The van der Waals surface area contributed by atoms with Crippen LogP contribution in [-0.4, -0.2) is 76.8 Å². The van der Waals surface area contributed by atoms with Crippen LogP contribution in [0.3, 0.4) is 0 Å². The summed E-state index contributed by atoms with van der Waals surface area (Å²) in [6.45, 7) is 9.09. The third-order valence-corrected chi connectivity index (χ3v) is 6.17. The standard InChI is InChI=1S/C19H32N4O3/c1-3-26-14-18(25)23-9-6-19(16(11-23)13-24)4-7-22(8-5-19)12-17-20-10-15(2)21-17/h10,16,24H,3-9,11-14H2,1-2H3,(H,20,21)/t16-/m0/s1. The number of carbonyl (C=O) groups excluding carboxylic acids is 1. The predicted octanol–water partition coefficient (Wildman–Crippen LogP) is 1.18. The third-order valence-electron chi connectivity index (χ3n) is 6.17. The number of hydrogen-bond donors (Lipinski definition) is 2. The highest BCUT2D eigenvalue weighted by atomic mass is 16.5. The third kappa shape index (κ3) is 4.27. The van der Waals surface area contributed by atoms with Crippen molar-refractivity contribution in [3.63, 3.8) is 0 Å². The monoisotopic (exact) mass is 364 g/mol. The van der Waals surface area contributed by atoms with Gasteiger partial charge in [0, 0.05) is 44.1 Å². The van der Waals surface area contributed by atoms with E-state index < -0.39 is 0 Å². The van der Waals surface area contributed by atoms with Crippen LogP contribution in [0.15, 0.2) is 6.20 Å². The normalized spacial score (nSPS) is 23.5. The number of rotatable bonds is 6. The first-order valence-corrected chi connectivity index (χ1v) is 9.75. The molecular formula is C19H32N4O3. The number of aliphatic hydroxyl groups is 1. The van der Waals surface area contributed by atoms with Gasteiger partial charge in [0.25, 0.3) is 0 Å². The molecule has 7 heteroatoms. The number of piperidine rings is 2. The van der Waals surface area contributed by atoms with Crippen molar-refractivity contribution in [3.8, 4) is 0 Å². The fourth-order valence-electron chi connectivity index (χ4n) is 4.45. The van der Waals surface area contributed by atoms with Crippen LogP contribution in [0.2, 0.25) is 0 Å². The zero-order chi connectivity index (χ0) is 18.6. The van der Waals surface area contributed by atoms with Gasteiger partial charge < -0.3 is 19.7 Å². The number of hydrogen-bond acceptors (Lipinski definition) is 5. The van der Waals surface area contributed by atoms with Gasteiger partial charge in [-0.3, -0.25) is 9.69 Å². The number of aromatic nitrogens is 2. The molecule has 1 aromatic rings. The molecule has 1 atom stereocenters. The van der Waals surface area contributed by atoms with E-state index in [9.17, 15) is 9.90 Å². The molecule has 7 nitrogen and oxygen atoms in total. The highest BCUT2D eigenvalue weighted by Crippen LogP contribution is 2.45. The van der Waals surface area contributed by atoms with Gasteiger partial charge in [0.2, 0.25) is 5.91 Å². The summed E-state index contributed by atoms with van der Waals surface area (Å²) in [6, 6.07) is 0. The lowest BCUT2D eigenvalue weighted by Crippen LogP contribution is -2.55. The van der Waals surface area contributed by atoms with E-state index in [4.69, 9.17) is 4.74 Å². The minimum atomic E-state index is 0.0470. The molecule has 26 heavy (non-hydrogen) atoms. The van der Waals surface area contributed by atoms with E-state index in [-0.39, 0.29) is 30.5 Å². The molecule has 0 radical (unpaired) electrons. The van der Waals surface area contributed by atoms with Crippen molar-refractivity contribution >= 4 is 5.91 Å². The van der Waals surface area contributed by atoms with E-state index in [2.05, 4.69) is 14.9 Å². The number of aromatic amines is 1. The Kier molecular flexibility index (Phi) is 6.32. The van der Waals surface area contributed by atoms with Crippen molar-refractivity contribution in [2.75, 3.05) is 46.0 Å². The van der Waals surface area contributed by atoms with Gasteiger partial charge in [0.1, 0.15) is 12.4 Å². The Bertz CT molecular complexity index is 595. The number of nitrogens with zero attached hydrogens (tertiary/aromatic N) is 3. The second-order valence-electron chi connectivity index (χ2n) is 7.76. The van der Waals surface area contributed by atoms with E-state index in [1.807, 2.05) is 24.9 Å². The summed E-state index contributed by atoms with van der Waals surface area (Å²) in [6.07, 6.45) is 5.00. The van der Waals surface area contributed by atoms with Crippen LogP contribution in [0.5, 0.6) is 0 Å². The average molecular weight is 364 g/mol. The van der Waals surface area contributed by atoms with Crippen LogP contribution in [0.25, 0.3) is 0 Å². The first-order valence-electron chi connectivity index (χ1n) is 9.75. The van der Waals surface area contributed by atoms with E-state index in [1.165, 1.54) is 0 Å². The lowest BCUT2D eigenvalue weighted by atomic mass is 9.64. The minimum Gasteiger partial charge on any atom is -0.396 e. The van der Waals surface area contributed by atoms with E-state index in [1.54, 1.807) is 0 Å². The molecule has 2 saturated heterocycles. The van der Waals surface area contributed by atoms with Crippen LogP contribution in [0, 0.1) is 18.3 Å². The largest absolute Gasteiger partial charge is 0.396 e. The number of imidazole rings is 1. The van der Waals surface area contributed by atoms with E-state index in [0.29, 0.717) is 13.2 Å². The van der Waals surface area contributed by atoms with Crippen molar-refractivity contribution in [1.82, 2.24) is 19.8 Å². The molecule has 0 unspecified atom stereocenters. The van der Waals surface area contributed by atoms with Gasteiger partial charge in [0.15, 0.2) is 0 Å². The second-order valence-corrected chi connectivity index (χ2v) is 7.76. The Morgan fingerprint density at radius 1 is 1.38 bits per heavy atom. The number of aryl methyl sites for hydroxylation is 1. The molecule has 0 aliphatic carbocycles.